The number of non-ortho nitro benzene ring substituents is 1. The fourth-order valence-electron chi connectivity index (χ4n) is 1.97. The number of sulfone groups is 1. The lowest BCUT2D eigenvalue weighted by Gasteiger charge is -2.08. The van der Waals surface area contributed by atoms with Crippen LogP contribution in [-0.4, -0.2) is 30.7 Å². The Bertz CT molecular complexity index is 873. The fourth-order valence-corrected chi connectivity index (χ4v) is 2.63. The summed E-state index contributed by atoms with van der Waals surface area (Å²) in [5.74, 6) is -1.25. The number of hydrogen-bond donors (Lipinski definition) is 1. The lowest BCUT2D eigenvalue weighted by atomic mass is 9.99. The topological polar surface area (TPSA) is 115 Å². The molecule has 0 bridgehead atoms. The zero-order valence-electron chi connectivity index (χ0n) is 11.4. The second-order valence-electron chi connectivity index (χ2n) is 4.59. The predicted molar refractivity (Wildman–Crippen MR) is 78.6 cm³/mol. The van der Waals surface area contributed by atoms with Crippen molar-refractivity contribution in [1.82, 2.24) is 0 Å². The number of nitro groups is 1. The van der Waals surface area contributed by atoms with Gasteiger partial charge in [-0.15, -0.1) is 0 Å². The summed E-state index contributed by atoms with van der Waals surface area (Å²) >= 11 is 0. The molecule has 0 fully saturated rings. The highest BCUT2D eigenvalue weighted by Gasteiger charge is 2.18. The van der Waals surface area contributed by atoms with Gasteiger partial charge in [0.15, 0.2) is 9.84 Å². The highest BCUT2D eigenvalue weighted by atomic mass is 32.2. The summed E-state index contributed by atoms with van der Waals surface area (Å²) in [6, 6.07) is 8.95. The van der Waals surface area contributed by atoms with Crippen LogP contribution in [0.15, 0.2) is 47.4 Å². The first-order valence-corrected chi connectivity index (χ1v) is 7.91. The van der Waals surface area contributed by atoms with Gasteiger partial charge in [-0.05, 0) is 23.8 Å². The molecule has 2 aromatic rings. The first kappa shape index (κ1) is 15.6. The maximum absolute atomic E-state index is 11.6. The molecule has 0 unspecified atom stereocenters. The quantitative estimate of drug-likeness (QED) is 0.683. The molecule has 1 N–H and O–H groups in total. The van der Waals surface area contributed by atoms with E-state index < -0.39 is 20.7 Å². The Hall–Kier alpha value is -2.74. The van der Waals surface area contributed by atoms with E-state index in [9.17, 15) is 28.4 Å². The summed E-state index contributed by atoms with van der Waals surface area (Å²) in [6.45, 7) is 0. The average Bonchev–Trinajstić information content (AvgIpc) is 2.45. The average molecular weight is 321 g/mol. The van der Waals surface area contributed by atoms with Crippen LogP contribution in [0.3, 0.4) is 0 Å². The number of nitrogens with zero attached hydrogens (tertiary/aromatic N) is 1. The van der Waals surface area contributed by atoms with E-state index in [1.54, 1.807) is 0 Å². The van der Waals surface area contributed by atoms with Crippen LogP contribution in [0.5, 0.6) is 0 Å². The molecule has 0 radical (unpaired) electrons. The molecular formula is C14H11NO6S. The van der Waals surface area contributed by atoms with Crippen LogP contribution in [0.4, 0.5) is 5.69 Å². The molecule has 0 aromatic heterocycles. The van der Waals surface area contributed by atoms with Gasteiger partial charge in [-0.2, -0.15) is 0 Å². The van der Waals surface area contributed by atoms with E-state index in [0.717, 1.165) is 24.5 Å². The molecule has 0 aliphatic carbocycles. The van der Waals surface area contributed by atoms with E-state index in [1.165, 1.54) is 24.3 Å². The molecule has 0 saturated heterocycles. The van der Waals surface area contributed by atoms with Gasteiger partial charge in [0.2, 0.25) is 0 Å². The second-order valence-corrected chi connectivity index (χ2v) is 6.61. The predicted octanol–water partition coefficient (Wildman–Crippen LogP) is 2.36. The molecule has 0 spiro atoms. The van der Waals surface area contributed by atoms with Crippen LogP contribution in [-0.2, 0) is 9.84 Å². The van der Waals surface area contributed by atoms with E-state index in [2.05, 4.69) is 0 Å². The van der Waals surface area contributed by atoms with Gasteiger partial charge in [-0.25, -0.2) is 13.2 Å². The molecule has 0 amide bonds. The van der Waals surface area contributed by atoms with Gasteiger partial charge in [0, 0.05) is 24.0 Å². The van der Waals surface area contributed by atoms with Crippen LogP contribution < -0.4 is 0 Å². The summed E-state index contributed by atoms with van der Waals surface area (Å²) in [4.78, 5) is 21.5. The van der Waals surface area contributed by atoms with Gasteiger partial charge in [0.25, 0.3) is 5.69 Å². The van der Waals surface area contributed by atoms with Crippen molar-refractivity contribution >= 4 is 21.5 Å². The Morgan fingerprint density at radius 3 is 2.41 bits per heavy atom. The van der Waals surface area contributed by atoms with Crippen molar-refractivity contribution < 1.29 is 23.2 Å². The SMILES string of the molecule is CS(=O)(=O)c1cccc(-c2cc([N+](=O)[O-])ccc2C(=O)O)c1. The van der Waals surface area contributed by atoms with Crippen molar-refractivity contribution in [3.63, 3.8) is 0 Å². The van der Waals surface area contributed by atoms with E-state index in [1.807, 2.05) is 0 Å². The zero-order chi connectivity index (χ0) is 16.5. The summed E-state index contributed by atoms with van der Waals surface area (Å²) in [5.41, 5.74) is -0.0442. The molecule has 2 aromatic carbocycles. The van der Waals surface area contributed by atoms with Crippen molar-refractivity contribution in [2.45, 2.75) is 4.90 Å². The Kier molecular flexibility index (Phi) is 3.96. The van der Waals surface area contributed by atoms with Gasteiger partial charge < -0.3 is 5.11 Å². The Labute approximate surface area is 125 Å². The molecule has 114 valence electrons. The molecule has 7 nitrogen and oxygen atoms in total. The minimum atomic E-state index is -3.47. The number of hydrogen-bond acceptors (Lipinski definition) is 5. The third kappa shape index (κ3) is 3.12. The highest BCUT2D eigenvalue weighted by Crippen LogP contribution is 2.29. The number of carbonyl (C=O) groups is 1. The summed E-state index contributed by atoms with van der Waals surface area (Å²) in [6.07, 6.45) is 1.03. The van der Waals surface area contributed by atoms with Gasteiger partial charge in [0.05, 0.1) is 15.4 Å². The van der Waals surface area contributed by atoms with E-state index in [-0.39, 0.29) is 27.3 Å². The highest BCUT2D eigenvalue weighted by molar-refractivity contribution is 7.90. The van der Waals surface area contributed by atoms with Crippen molar-refractivity contribution in [3.05, 3.63) is 58.1 Å². The molecular weight excluding hydrogens is 310 g/mol. The molecule has 22 heavy (non-hydrogen) atoms. The zero-order valence-corrected chi connectivity index (χ0v) is 12.2. The first-order valence-electron chi connectivity index (χ1n) is 6.02. The van der Waals surface area contributed by atoms with Gasteiger partial charge in [-0.3, -0.25) is 10.1 Å². The Balaban J connectivity index is 2.72. The smallest absolute Gasteiger partial charge is 0.336 e. The maximum atomic E-state index is 11.6. The van der Waals surface area contributed by atoms with Crippen LogP contribution in [0.1, 0.15) is 10.4 Å². The summed E-state index contributed by atoms with van der Waals surface area (Å²) in [5, 5.41) is 20.1. The minimum absolute atomic E-state index is 0.00726. The number of carboxylic acid groups (broad SMARTS) is 1. The number of nitro benzene ring substituents is 1. The van der Waals surface area contributed by atoms with Crippen molar-refractivity contribution in [3.8, 4) is 11.1 Å². The standard InChI is InChI=1S/C14H11NO6S/c1-22(20,21)11-4-2-3-9(7-11)13-8-10(15(18)19)5-6-12(13)14(16)17/h2-8H,1H3,(H,16,17). The summed E-state index contributed by atoms with van der Waals surface area (Å²) in [7, 11) is -3.47. The largest absolute Gasteiger partial charge is 0.478 e. The Morgan fingerprint density at radius 1 is 1.18 bits per heavy atom. The van der Waals surface area contributed by atoms with E-state index >= 15 is 0 Å². The Morgan fingerprint density at radius 2 is 1.86 bits per heavy atom. The third-order valence-corrected chi connectivity index (χ3v) is 4.13. The molecule has 0 saturated carbocycles. The molecule has 0 atom stereocenters. The normalized spacial score (nSPS) is 11.1. The summed E-state index contributed by atoms with van der Waals surface area (Å²) < 4.78 is 23.2. The van der Waals surface area contributed by atoms with Gasteiger partial charge in [-0.1, -0.05) is 12.1 Å². The second kappa shape index (κ2) is 5.57. The number of carboxylic acids is 1. The maximum Gasteiger partial charge on any atom is 0.336 e. The van der Waals surface area contributed by atoms with Crippen LogP contribution in [0.2, 0.25) is 0 Å². The van der Waals surface area contributed by atoms with Gasteiger partial charge >= 0.3 is 5.97 Å². The molecule has 0 aliphatic heterocycles. The number of rotatable bonds is 4. The molecule has 0 heterocycles. The lowest BCUT2D eigenvalue weighted by molar-refractivity contribution is -0.384. The van der Waals surface area contributed by atoms with E-state index in [4.69, 9.17) is 0 Å². The molecule has 8 heteroatoms. The van der Waals surface area contributed by atoms with Crippen molar-refractivity contribution in [1.29, 1.82) is 0 Å². The third-order valence-electron chi connectivity index (χ3n) is 3.02. The van der Waals surface area contributed by atoms with Crippen LogP contribution >= 0.6 is 0 Å². The molecule has 2 rings (SSSR count). The fraction of sp³-hybridized carbons (Fsp3) is 0.0714. The molecule has 0 aliphatic rings. The first-order chi connectivity index (χ1) is 10.2. The van der Waals surface area contributed by atoms with Crippen molar-refractivity contribution in [2.24, 2.45) is 0 Å². The lowest BCUT2D eigenvalue weighted by Crippen LogP contribution is -2.02. The minimum Gasteiger partial charge on any atom is -0.478 e. The monoisotopic (exact) mass is 321 g/mol. The van der Waals surface area contributed by atoms with Gasteiger partial charge in [0.1, 0.15) is 0 Å². The van der Waals surface area contributed by atoms with E-state index in [0.29, 0.717) is 0 Å². The number of benzene rings is 2. The van der Waals surface area contributed by atoms with Crippen LogP contribution in [0.25, 0.3) is 11.1 Å². The van der Waals surface area contributed by atoms with Crippen LogP contribution in [0, 0.1) is 10.1 Å². The number of aromatic carboxylic acids is 1. The van der Waals surface area contributed by atoms with Crippen molar-refractivity contribution in [2.75, 3.05) is 6.26 Å².